The molecule has 0 aliphatic carbocycles. The van der Waals surface area contributed by atoms with Crippen molar-refractivity contribution in [3.63, 3.8) is 0 Å². The van der Waals surface area contributed by atoms with Crippen LogP contribution in [-0.4, -0.2) is 51.9 Å². The predicted octanol–water partition coefficient (Wildman–Crippen LogP) is 2.14. The summed E-state index contributed by atoms with van der Waals surface area (Å²) < 4.78 is 5.63. The molecule has 2 rings (SSSR count). The number of pyridine rings is 1. The minimum Gasteiger partial charge on any atom is -0.472 e. The lowest BCUT2D eigenvalue weighted by Crippen LogP contribution is -2.55. The van der Waals surface area contributed by atoms with Crippen molar-refractivity contribution in [2.24, 2.45) is 0 Å². The third kappa shape index (κ3) is 3.92. The fraction of sp³-hybridized carbons (Fsp3) is 0.588. The van der Waals surface area contributed by atoms with Gasteiger partial charge in [0.15, 0.2) is 11.4 Å². The summed E-state index contributed by atoms with van der Waals surface area (Å²) in [5.41, 5.74) is -1.19. The van der Waals surface area contributed by atoms with E-state index in [0.29, 0.717) is 13.1 Å². The average molecular weight is 364 g/mol. The molecule has 0 bridgehead atoms. The molecule has 1 aromatic heterocycles. The van der Waals surface area contributed by atoms with Crippen LogP contribution in [0.25, 0.3) is 0 Å². The van der Waals surface area contributed by atoms with Crippen molar-refractivity contribution in [1.29, 1.82) is 0 Å². The molecule has 0 radical (unpaired) electrons. The van der Waals surface area contributed by atoms with E-state index in [0.717, 1.165) is 12.8 Å². The van der Waals surface area contributed by atoms with E-state index in [-0.39, 0.29) is 24.0 Å². The highest BCUT2D eigenvalue weighted by atomic mass is 16.6. The van der Waals surface area contributed by atoms with E-state index in [4.69, 9.17) is 4.74 Å². The van der Waals surface area contributed by atoms with Crippen LogP contribution in [0.1, 0.15) is 40.5 Å². The van der Waals surface area contributed by atoms with Crippen molar-refractivity contribution < 1.29 is 19.2 Å². The summed E-state index contributed by atoms with van der Waals surface area (Å²) in [6.07, 6.45) is 1.60. The Morgan fingerprint density at radius 2 is 1.92 bits per heavy atom. The normalized spacial score (nSPS) is 15.2. The quantitative estimate of drug-likeness (QED) is 0.542. The van der Waals surface area contributed by atoms with Crippen LogP contribution in [0.4, 0.5) is 11.6 Å². The van der Waals surface area contributed by atoms with Crippen LogP contribution in [0.5, 0.6) is 5.75 Å². The summed E-state index contributed by atoms with van der Waals surface area (Å²) in [5.74, 6) is -0.843. The number of carbonyl (C=O) groups excluding carboxylic acids is 2. The van der Waals surface area contributed by atoms with Gasteiger partial charge in [0.25, 0.3) is 11.7 Å². The van der Waals surface area contributed by atoms with E-state index in [1.54, 1.807) is 18.7 Å². The number of hydrogen-bond donors (Lipinski definition) is 0. The van der Waals surface area contributed by atoms with Crippen LogP contribution in [0.2, 0.25) is 0 Å². The Morgan fingerprint density at radius 1 is 1.31 bits per heavy atom. The van der Waals surface area contributed by atoms with Crippen LogP contribution in [0.3, 0.4) is 0 Å². The van der Waals surface area contributed by atoms with Crippen molar-refractivity contribution in [2.75, 3.05) is 24.5 Å². The molecule has 0 fully saturated rings. The topological polar surface area (TPSA) is 106 Å². The Labute approximate surface area is 152 Å². The number of rotatable bonds is 7. The van der Waals surface area contributed by atoms with Crippen LogP contribution in [0.15, 0.2) is 12.1 Å². The number of fused-ring (bicyclic) bond motifs is 1. The molecule has 1 aliphatic heterocycles. The molecule has 0 atom stereocenters. The zero-order chi connectivity index (χ0) is 19.5. The van der Waals surface area contributed by atoms with Gasteiger partial charge in [-0.3, -0.25) is 14.5 Å². The maximum Gasteiger partial charge on any atom is 0.366 e. The number of nitrogens with zero attached hydrogens (tertiary/aromatic N) is 4. The van der Waals surface area contributed by atoms with Gasteiger partial charge in [-0.25, -0.2) is 0 Å². The largest absolute Gasteiger partial charge is 0.472 e. The van der Waals surface area contributed by atoms with Crippen molar-refractivity contribution >= 4 is 23.5 Å². The van der Waals surface area contributed by atoms with Crippen LogP contribution >= 0.6 is 0 Å². The summed E-state index contributed by atoms with van der Waals surface area (Å²) >= 11 is 0. The zero-order valence-corrected chi connectivity index (χ0v) is 15.5. The van der Waals surface area contributed by atoms with Crippen molar-refractivity contribution in [1.82, 2.24) is 9.88 Å². The van der Waals surface area contributed by atoms with Crippen LogP contribution in [0, 0.1) is 10.1 Å². The highest BCUT2D eigenvalue weighted by molar-refractivity contribution is 6.05. The molecule has 2 amide bonds. The van der Waals surface area contributed by atoms with E-state index in [1.807, 2.05) is 13.8 Å². The molecule has 9 heteroatoms. The van der Waals surface area contributed by atoms with Gasteiger partial charge in [-0.1, -0.05) is 13.8 Å². The van der Waals surface area contributed by atoms with Gasteiger partial charge in [0.1, 0.15) is 6.54 Å². The lowest BCUT2D eigenvalue weighted by Gasteiger charge is -2.36. The summed E-state index contributed by atoms with van der Waals surface area (Å²) in [6, 6.07) is 2.62. The Hall–Kier alpha value is -2.71. The molecule has 26 heavy (non-hydrogen) atoms. The molecular formula is C17H24N4O5. The van der Waals surface area contributed by atoms with E-state index in [1.165, 1.54) is 17.0 Å². The van der Waals surface area contributed by atoms with Gasteiger partial charge in [-0.05, 0) is 42.7 Å². The van der Waals surface area contributed by atoms with Gasteiger partial charge in [0.05, 0.1) is 0 Å². The second-order valence-corrected chi connectivity index (χ2v) is 6.63. The molecule has 0 aromatic carbocycles. The SMILES string of the molecule is CCCN(CCC)C(=O)CN1C(=O)C(C)(C)Oc2ccc([N+](=O)[O-])nc21. The summed E-state index contributed by atoms with van der Waals surface area (Å²) in [5, 5.41) is 11.0. The molecule has 0 saturated heterocycles. The first-order valence-electron chi connectivity index (χ1n) is 8.65. The minimum atomic E-state index is -1.19. The van der Waals surface area contributed by atoms with Gasteiger partial charge < -0.3 is 19.8 Å². The number of carbonyl (C=O) groups is 2. The van der Waals surface area contributed by atoms with E-state index >= 15 is 0 Å². The summed E-state index contributed by atoms with van der Waals surface area (Å²) in [6.45, 7) is 8.07. The van der Waals surface area contributed by atoms with E-state index in [2.05, 4.69) is 4.98 Å². The molecule has 142 valence electrons. The van der Waals surface area contributed by atoms with Crippen molar-refractivity contribution in [3.05, 3.63) is 22.2 Å². The Kier molecular flexibility index (Phi) is 5.79. The van der Waals surface area contributed by atoms with Crippen molar-refractivity contribution in [2.45, 2.75) is 46.1 Å². The molecule has 0 unspecified atom stereocenters. The number of hydrogen-bond acceptors (Lipinski definition) is 6. The number of ether oxygens (including phenoxy) is 1. The number of amides is 2. The van der Waals surface area contributed by atoms with Crippen LogP contribution < -0.4 is 9.64 Å². The zero-order valence-electron chi connectivity index (χ0n) is 15.5. The number of anilines is 1. The maximum absolute atomic E-state index is 12.8. The van der Waals surface area contributed by atoms with Gasteiger partial charge in [0, 0.05) is 19.2 Å². The molecule has 0 N–H and O–H groups in total. The van der Waals surface area contributed by atoms with Gasteiger partial charge >= 0.3 is 5.82 Å². The first-order chi connectivity index (χ1) is 12.2. The average Bonchev–Trinajstić information content (AvgIpc) is 2.57. The predicted molar refractivity (Wildman–Crippen MR) is 95.1 cm³/mol. The van der Waals surface area contributed by atoms with Gasteiger partial charge in [-0.2, -0.15) is 0 Å². The lowest BCUT2D eigenvalue weighted by molar-refractivity contribution is -0.389. The van der Waals surface area contributed by atoms with Crippen molar-refractivity contribution in [3.8, 4) is 5.75 Å². The Balaban J connectivity index is 2.39. The smallest absolute Gasteiger partial charge is 0.366 e. The molecule has 1 aliphatic rings. The highest BCUT2D eigenvalue weighted by Crippen LogP contribution is 2.37. The molecule has 0 saturated carbocycles. The van der Waals surface area contributed by atoms with Gasteiger partial charge in [0.2, 0.25) is 5.91 Å². The Bertz CT molecular complexity index is 713. The highest BCUT2D eigenvalue weighted by Gasteiger charge is 2.45. The standard InChI is InChI=1S/C17H24N4O5/c1-5-9-19(10-6-2)14(22)11-20-15-12(26-17(3,4)16(20)23)7-8-13(18-15)21(24)25/h7-8H,5-6,9-11H2,1-4H3. The first-order valence-corrected chi connectivity index (χ1v) is 8.65. The lowest BCUT2D eigenvalue weighted by atomic mass is 10.1. The molecule has 0 spiro atoms. The summed E-state index contributed by atoms with van der Waals surface area (Å²) in [7, 11) is 0. The third-order valence-corrected chi connectivity index (χ3v) is 4.03. The fourth-order valence-electron chi connectivity index (χ4n) is 2.82. The summed E-state index contributed by atoms with van der Waals surface area (Å²) in [4.78, 5) is 42.7. The monoisotopic (exact) mass is 364 g/mol. The molecular weight excluding hydrogens is 340 g/mol. The van der Waals surface area contributed by atoms with Gasteiger partial charge in [-0.15, -0.1) is 0 Å². The Morgan fingerprint density at radius 3 is 2.46 bits per heavy atom. The molecule has 2 heterocycles. The molecule has 1 aromatic rings. The molecule has 9 nitrogen and oxygen atoms in total. The van der Waals surface area contributed by atoms with E-state index < -0.39 is 22.2 Å². The second kappa shape index (κ2) is 7.67. The minimum absolute atomic E-state index is 0.00446. The van der Waals surface area contributed by atoms with E-state index in [9.17, 15) is 19.7 Å². The second-order valence-electron chi connectivity index (χ2n) is 6.63. The van der Waals surface area contributed by atoms with Crippen LogP contribution in [-0.2, 0) is 9.59 Å². The first kappa shape index (κ1) is 19.6. The third-order valence-electron chi connectivity index (χ3n) is 4.03. The fourth-order valence-corrected chi connectivity index (χ4v) is 2.82. The number of aromatic nitrogens is 1. The number of nitro groups is 1. The maximum atomic E-state index is 12.8.